The summed E-state index contributed by atoms with van der Waals surface area (Å²) in [4.78, 5) is 0. The molecule has 3 rings (SSSR count). The molecule has 74 valence electrons. The predicted molar refractivity (Wildman–Crippen MR) is 53.2 cm³/mol. The van der Waals surface area contributed by atoms with Gasteiger partial charge in [0.1, 0.15) is 6.10 Å². The van der Waals surface area contributed by atoms with E-state index in [-0.39, 0.29) is 24.9 Å². The zero-order chi connectivity index (χ0) is 9.54. The van der Waals surface area contributed by atoms with Crippen molar-refractivity contribution in [1.29, 1.82) is 0 Å². The first-order chi connectivity index (χ1) is 6.88. The average molecular weight is 191 g/mol. The maximum Gasteiger partial charge on any atom is 0.101 e. The normalized spacial score (nSPS) is 33.6. The summed E-state index contributed by atoms with van der Waals surface area (Å²) in [7, 11) is 0. The molecule has 1 fully saturated rings. The van der Waals surface area contributed by atoms with Crippen LogP contribution in [-0.2, 0) is 4.74 Å². The monoisotopic (exact) mass is 191 g/mol. The van der Waals surface area contributed by atoms with Crippen LogP contribution in [0.5, 0.6) is 0 Å². The van der Waals surface area contributed by atoms with E-state index in [1.54, 1.807) is 0 Å². The van der Waals surface area contributed by atoms with Crippen molar-refractivity contribution in [3.8, 4) is 0 Å². The number of benzene rings is 1. The summed E-state index contributed by atoms with van der Waals surface area (Å²) >= 11 is 0. The number of hydrogen-bond donors (Lipinski definition) is 2. The molecule has 3 heteroatoms. The summed E-state index contributed by atoms with van der Waals surface area (Å²) < 4.78 is 5.75. The molecular formula is C11H13NO2. The number of aliphatic hydroxyl groups is 1. The Morgan fingerprint density at radius 3 is 3.14 bits per heavy atom. The second-order valence-electron chi connectivity index (χ2n) is 3.92. The molecule has 2 aliphatic heterocycles. The number of hydrogen-bond acceptors (Lipinski definition) is 3. The lowest BCUT2D eigenvalue weighted by Gasteiger charge is -2.23. The minimum Gasteiger partial charge on any atom is -0.394 e. The molecule has 2 unspecified atom stereocenters. The van der Waals surface area contributed by atoms with Gasteiger partial charge in [-0.15, -0.1) is 0 Å². The molecule has 3 nitrogen and oxygen atoms in total. The second kappa shape index (κ2) is 2.97. The first kappa shape index (κ1) is 8.26. The molecule has 1 aromatic carbocycles. The summed E-state index contributed by atoms with van der Waals surface area (Å²) in [6, 6.07) is 8.47. The van der Waals surface area contributed by atoms with E-state index in [9.17, 15) is 0 Å². The van der Waals surface area contributed by atoms with Gasteiger partial charge in [0.05, 0.1) is 18.8 Å². The van der Waals surface area contributed by atoms with Crippen LogP contribution in [0, 0.1) is 0 Å². The Balaban J connectivity index is 1.99. The highest BCUT2D eigenvalue weighted by molar-refractivity contribution is 5.56. The Bertz CT molecular complexity index is 353. The topological polar surface area (TPSA) is 41.5 Å². The van der Waals surface area contributed by atoms with E-state index in [2.05, 4.69) is 17.4 Å². The number of rotatable bonds is 1. The highest BCUT2D eigenvalue weighted by atomic mass is 16.5. The molecule has 0 saturated carbocycles. The van der Waals surface area contributed by atoms with E-state index in [0.717, 1.165) is 12.1 Å². The Hall–Kier alpha value is -1.06. The third kappa shape index (κ3) is 1.06. The molecule has 2 heterocycles. The fraction of sp³-hybridized carbons (Fsp3) is 0.455. The van der Waals surface area contributed by atoms with Crippen molar-refractivity contribution >= 4 is 5.69 Å². The number of ether oxygens (including phenoxy) is 1. The summed E-state index contributed by atoms with van der Waals surface area (Å²) in [5, 5.41) is 12.5. The van der Waals surface area contributed by atoms with Crippen molar-refractivity contribution < 1.29 is 9.84 Å². The summed E-state index contributed by atoms with van der Waals surface area (Å²) in [5.74, 6) is 0. The Labute approximate surface area is 82.7 Å². The van der Waals surface area contributed by atoms with Crippen LogP contribution in [0.4, 0.5) is 5.69 Å². The van der Waals surface area contributed by atoms with Crippen LogP contribution in [0.1, 0.15) is 18.1 Å². The fourth-order valence-corrected chi connectivity index (χ4v) is 2.38. The molecule has 14 heavy (non-hydrogen) atoms. The van der Waals surface area contributed by atoms with Gasteiger partial charge in [0.2, 0.25) is 0 Å². The van der Waals surface area contributed by atoms with Gasteiger partial charge in [0.25, 0.3) is 0 Å². The van der Waals surface area contributed by atoms with Crippen molar-refractivity contribution in [2.75, 3.05) is 11.9 Å². The predicted octanol–water partition coefficient (Wildman–Crippen LogP) is 1.30. The lowest BCUT2D eigenvalue weighted by Crippen LogP contribution is -2.32. The average Bonchev–Trinajstić information content (AvgIpc) is 2.57. The van der Waals surface area contributed by atoms with Crippen molar-refractivity contribution in [1.82, 2.24) is 0 Å². The van der Waals surface area contributed by atoms with Crippen LogP contribution in [0.2, 0.25) is 0 Å². The van der Waals surface area contributed by atoms with Gasteiger partial charge in [-0.05, 0) is 6.07 Å². The molecule has 0 spiro atoms. The zero-order valence-corrected chi connectivity index (χ0v) is 7.81. The number of aliphatic hydroxyl groups excluding tert-OH is 1. The van der Waals surface area contributed by atoms with Crippen molar-refractivity contribution in [3.63, 3.8) is 0 Å². The summed E-state index contributed by atoms with van der Waals surface area (Å²) in [6.07, 6.45) is 1.10. The van der Waals surface area contributed by atoms with Gasteiger partial charge >= 0.3 is 0 Å². The van der Waals surface area contributed by atoms with E-state index in [1.165, 1.54) is 5.56 Å². The van der Waals surface area contributed by atoms with Gasteiger partial charge in [-0.25, -0.2) is 0 Å². The first-order valence-electron chi connectivity index (χ1n) is 5.00. The first-order valence-corrected chi connectivity index (χ1v) is 5.00. The van der Waals surface area contributed by atoms with Crippen LogP contribution >= 0.6 is 0 Å². The molecule has 1 aromatic rings. The molecule has 2 N–H and O–H groups in total. The minimum absolute atomic E-state index is 0.0487. The van der Waals surface area contributed by atoms with E-state index in [4.69, 9.17) is 9.84 Å². The molecule has 2 aliphatic rings. The summed E-state index contributed by atoms with van der Waals surface area (Å²) in [5.41, 5.74) is 2.38. The van der Waals surface area contributed by atoms with E-state index in [1.807, 2.05) is 12.1 Å². The number of para-hydroxylation sites is 1. The van der Waals surface area contributed by atoms with E-state index >= 15 is 0 Å². The molecule has 1 saturated heterocycles. The summed E-state index contributed by atoms with van der Waals surface area (Å²) in [6.45, 7) is 0.0994. The molecular weight excluding hydrogens is 178 g/mol. The molecule has 2 bridgehead atoms. The third-order valence-corrected chi connectivity index (χ3v) is 3.08. The van der Waals surface area contributed by atoms with E-state index < -0.39 is 0 Å². The maximum atomic E-state index is 9.13. The van der Waals surface area contributed by atoms with Crippen LogP contribution in [0.15, 0.2) is 24.3 Å². The van der Waals surface area contributed by atoms with Gasteiger partial charge in [-0.1, -0.05) is 18.2 Å². The Morgan fingerprint density at radius 2 is 2.29 bits per heavy atom. The Kier molecular flexibility index (Phi) is 1.75. The highest BCUT2D eigenvalue weighted by Crippen LogP contribution is 2.42. The van der Waals surface area contributed by atoms with Crippen LogP contribution in [0.3, 0.4) is 0 Å². The lowest BCUT2D eigenvalue weighted by atomic mass is 9.96. The molecule has 0 aliphatic carbocycles. The number of nitrogens with one attached hydrogen (secondary N) is 1. The van der Waals surface area contributed by atoms with Gasteiger partial charge in [-0.2, -0.15) is 0 Å². The van der Waals surface area contributed by atoms with Crippen molar-refractivity contribution in [2.45, 2.75) is 24.7 Å². The standard InChI is InChI=1S/C11H13NO2/c13-6-11-9-5-10(14-11)7-3-1-2-4-8(7)12-9/h1-4,9-13H,5-6H2/t9?,10?,11-/m0/s1. The SMILES string of the molecule is OC[C@@H]1OC2CC1Nc1ccccc12. The maximum absolute atomic E-state index is 9.13. The molecule has 0 radical (unpaired) electrons. The van der Waals surface area contributed by atoms with Crippen molar-refractivity contribution in [2.24, 2.45) is 0 Å². The molecule has 0 amide bonds. The minimum atomic E-state index is -0.0487. The van der Waals surface area contributed by atoms with Gasteiger partial charge < -0.3 is 15.2 Å². The highest BCUT2D eigenvalue weighted by Gasteiger charge is 2.40. The fourth-order valence-electron chi connectivity index (χ4n) is 2.38. The van der Waals surface area contributed by atoms with Gasteiger partial charge in [-0.3, -0.25) is 0 Å². The third-order valence-electron chi connectivity index (χ3n) is 3.08. The number of fused-ring (bicyclic) bond motifs is 4. The zero-order valence-electron chi connectivity index (χ0n) is 7.81. The molecule has 3 atom stereocenters. The van der Waals surface area contributed by atoms with Gasteiger partial charge in [0.15, 0.2) is 0 Å². The lowest BCUT2D eigenvalue weighted by molar-refractivity contribution is 0.0113. The van der Waals surface area contributed by atoms with Crippen molar-refractivity contribution in [3.05, 3.63) is 29.8 Å². The largest absolute Gasteiger partial charge is 0.394 e. The van der Waals surface area contributed by atoms with Gasteiger partial charge in [0, 0.05) is 17.7 Å². The van der Waals surface area contributed by atoms with Crippen LogP contribution in [-0.4, -0.2) is 23.9 Å². The second-order valence-corrected chi connectivity index (χ2v) is 3.92. The van der Waals surface area contributed by atoms with Crippen LogP contribution < -0.4 is 5.32 Å². The molecule has 0 aromatic heterocycles. The smallest absolute Gasteiger partial charge is 0.101 e. The Morgan fingerprint density at radius 1 is 1.43 bits per heavy atom. The van der Waals surface area contributed by atoms with E-state index in [0.29, 0.717) is 0 Å². The van der Waals surface area contributed by atoms with Crippen LogP contribution in [0.25, 0.3) is 0 Å². The number of anilines is 1. The quantitative estimate of drug-likeness (QED) is 0.703.